The van der Waals surface area contributed by atoms with E-state index in [0.29, 0.717) is 13.0 Å². The van der Waals surface area contributed by atoms with E-state index in [0.717, 1.165) is 12.8 Å². The molecule has 0 saturated carbocycles. The second kappa shape index (κ2) is 16.8. The molecule has 0 saturated heterocycles. The maximum atomic E-state index is 11.4. The molecule has 3 heteroatoms. The van der Waals surface area contributed by atoms with E-state index < -0.39 is 0 Å². The molecule has 1 unspecified atom stereocenters. The number of rotatable bonds is 16. The summed E-state index contributed by atoms with van der Waals surface area (Å²) in [6.07, 6.45) is 17.7. The zero-order chi connectivity index (χ0) is 16.5. The van der Waals surface area contributed by atoms with Gasteiger partial charge in [-0.15, -0.1) is 0 Å². The van der Waals surface area contributed by atoms with Crippen LogP contribution < -0.4 is 5.73 Å². The van der Waals surface area contributed by atoms with Crippen molar-refractivity contribution in [1.82, 2.24) is 0 Å². The van der Waals surface area contributed by atoms with Gasteiger partial charge in [0.2, 0.25) is 0 Å². The largest absolute Gasteiger partial charge is 0.464 e. The van der Waals surface area contributed by atoms with Gasteiger partial charge in [0.05, 0.1) is 0 Å². The molecule has 0 fully saturated rings. The van der Waals surface area contributed by atoms with Gasteiger partial charge in [-0.2, -0.15) is 0 Å². The Morgan fingerprint density at radius 2 is 1.23 bits per heavy atom. The molecule has 0 heterocycles. The van der Waals surface area contributed by atoms with E-state index in [2.05, 4.69) is 6.92 Å². The lowest BCUT2D eigenvalue weighted by Gasteiger charge is -2.07. The Labute approximate surface area is 138 Å². The van der Waals surface area contributed by atoms with Crippen molar-refractivity contribution in [3.8, 4) is 0 Å². The first-order valence-corrected chi connectivity index (χ1v) is 9.58. The van der Waals surface area contributed by atoms with Gasteiger partial charge >= 0.3 is 5.97 Å². The SMILES string of the molecule is CCCCCCCCCCCCCCCC(=O)OCC(C)N. The second-order valence-corrected chi connectivity index (χ2v) is 6.65. The van der Waals surface area contributed by atoms with Gasteiger partial charge in [-0.25, -0.2) is 0 Å². The Hall–Kier alpha value is -0.570. The first kappa shape index (κ1) is 21.4. The molecule has 0 aliphatic rings. The molecule has 0 bridgehead atoms. The van der Waals surface area contributed by atoms with Crippen LogP contribution in [0.1, 0.15) is 104 Å². The molecule has 2 N–H and O–H groups in total. The topological polar surface area (TPSA) is 52.3 Å². The molecular weight excluding hydrogens is 274 g/mol. The van der Waals surface area contributed by atoms with E-state index in [-0.39, 0.29) is 12.0 Å². The third-order valence-corrected chi connectivity index (χ3v) is 3.99. The van der Waals surface area contributed by atoms with Crippen molar-refractivity contribution in [3.05, 3.63) is 0 Å². The van der Waals surface area contributed by atoms with Crippen LogP contribution in [0.5, 0.6) is 0 Å². The number of carbonyl (C=O) groups is 1. The van der Waals surface area contributed by atoms with E-state index in [1.165, 1.54) is 70.6 Å². The zero-order valence-corrected chi connectivity index (χ0v) is 15.1. The van der Waals surface area contributed by atoms with E-state index in [1.54, 1.807) is 0 Å². The Kier molecular flexibility index (Phi) is 16.4. The average Bonchev–Trinajstić information content (AvgIpc) is 2.49. The van der Waals surface area contributed by atoms with Gasteiger partial charge in [-0.05, 0) is 13.3 Å². The third-order valence-electron chi connectivity index (χ3n) is 3.99. The van der Waals surface area contributed by atoms with Crippen LogP contribution in [0.4, 0.5) is 0 Å². The molecule has 132 valence electrons. The highest BCUT2D eigenvalue weighted by atomic mass is 16.5. The lowest BCUT2D eigenvalue weighted by atomic mass is 10.0. The van der Waals surface area contributed by atoms with Crippen molar-refractivity contribution >= 4 is 5.97 Å². The van der Waals surface area contributed by atoms with Crippen molar-refractivity contribution < 1.29 is 9.53 Å². The van der Waals surface area contributed by atoms with Crippen LogP contribution in [0, 0.1) is 0 Å². The molecule has 0 aromatic carbocycles. The molecular formula is C19H39NO2. The molecule has 0 spiro atoms. The first-order chi connectivity index (χ1) is 10.7. The number of nitrogens with two attached hydrogens (primary N) is 1. The number of ether oxygens (including phenoxy) is 1. The molecule has 0 aliphatic carbocycles. The molecule has 3 nitrogen and oxygen atoms in total. The number of carbonyl (C=O) groups excluding carboxylic acids is 1. The Bertz CT molecular complexity index is 242. The van der Waals surface area contributed by atoms with E-state index in [4.69, 9.17) is 10.5 Å². The van der Waals surface area contributed by atoms with Gasteiger partial charge in [-0.1, -0.05) is 84.0 Å². The van der Waals surface area contributed by atoms with Crippen molar-refractivity contribution in [1.29, 1.82) is 0 Å². The zero-order valence-electron chi connectivity index (χ0n) is 15.1. The highest BCUT2D eigenvalue weighted by molar-refractivity contribution is 5.69. The van der Waals surface area contributed by atoms with Gasteiger partial charge in [-0.3, -0.25) is 4.79 Å². The van der Waals surface area contributed by atoms with Crippen molar-refractivity contribution in [2.24, 2.45) is 5.73 Å². The minimum absolute atomic E-state index is 0.0596. The quantitative estimate of drug-likeness (QED) is 0.308. The minimum atomic E-state index is -0.0969. The molecule has 0 amide bonds. The van der Waals surface area contributed by atoms with Crippen LogP contribution >= 0.6 is 0 Å². The fourth-order valence-electron chi connectivity index (χ4n) is 2.58. The third kappa shape index (κ3) is 17.5. The van der Waals surface area contributed by atoms with Crippen molar-refractivity contribution in [2.45, 2.75) is 110 Å². The highest BCUT2D eigenvalue weighted by Crippen LogP contribution is 2.13. The summed E-state index contributed by atoms with van der Waals surface area (Å²) in [5, 5.41) is 0. The lowest BCUT2D eigenvalue weighted by Crippen LogP contribution is -2.23. The molecule has 0 aromatic rings. The first-order valence-electron chi connectivity index (χ1n) is 9.58. The fraction of sp³-hybridized carbons (Fsp3) is 0.947. The number of hydrogen-bond donors (Lipinski definition) is 1. The van der Waals surface area contributed by atoms with E-state index >= 15 is 0 Å². The number of esters is 1. The summed E-state index contributed by atoms with van der Waals surface area (Å²) in [5.41, 5.74) is 5.54. The summed E-state index contributed by atoms with van der Waals surface area (Å²) in [6.45, 7) is 4.46. The van der Waals surface area contributed by atoms with Crippen LogP contribution in [0.3, 0.4) is 0 Å². The fourth-order valence-corrected chi connectivity index (χ4v) is 2.58. The predicted octanol–water partition coefficient (Wildman–Crippen LogP) is 5.36. The molecule has 1 atom stereocenters. The van der Waals surface area contributed by atoms with Crippen LogP contribution in [-0.2, 0) is 9.53 Å². The molecule has 0 radical (unpaired) electrons. The minimum Gasteiger partial charge on any atom is -0.464 e. The normalized spacial score (nSPS) is 12.3. The standard InChI is InChI=1S/C19H39NO2/c1-3-4-5-6-7-8-9-10-11-12-13-14-15-16-19(21)22-17-18(2)20/h18H,3-17,20H2,1-2H3. The van der Waals surface area contributed by atoms with E-state index in [1.807, 2.05) is 6.92 Å². The maximum absolute atomic E-state index is 11.4. The Morgan fingerprint density at radius 3 is 1.64 bits per heavy atom. The Balaban J connectivity index is 3.09. The maximum Gasteiger partial charge on any atom is 0.305 e. The van der Waals surface area contributed by atoms with Gasteiger partial charge in [0.15, 0.2) is 0 Å². The summed E-state index contributed by atoms with van der Waals surface area (Å²) in [6, 6.07) is -0.0596. The molecule has 0 aliphatic heterocycles. The second-order valence-electron chi connectivity index (χ2n) is 6.65. The summed E-state index contributed by atoms with van der Waals surface area (Å²) >= 11 is 0. The molecule has 22 heavy (non-hydrogen) atoms. The van der Waals surface area contributed by atoms with Crippen LogP contribution in [0.15, 0.2) is 0 Å². The van der Waals surface area contributed by atoms with Crippen molar-refractivity contribution in [3.63, 3.8) is 0 Å². The summed E-state index contributed by atoms with van der Waals surface area (Å²) < 4.78 is 5.05. The smallest absolute Gasteiger partial charge is 0.305 e. The van der Waals surface area contributed by atoms with Crippen LogP contribution in [0.25, 0.3) is 0 Å². The average molecular weight is 314 g/mol. The number of unbranched alkanes of at least 4 members (excludes halogenated alkanes) is 12. The van der Waals surface area contributed by atoms with Crippen LogP contribution in [-0.4, -0.2) is 18.6 Å². The van der Waals surface area contributed by atoms with Gasteiger partial charge in [0.1, 0.15) is 6.61 Å². The van der Waals surface area contributed by atoms with Gasteiger partial charge < -0.3 is 10.5 Å². The Morgan fingerprint density at radius 1 is 0.818 bits per heavy atom. The monoisotopic (exact) mass is 313 g/mol. The predicted molar refractivity (Wildman–Crippen MR) is 94.9 cm³/mol. The van der Waals surface area contributed by atoms with Gasteiger partial charge in [0.25, 0.3) is 0 Å². The summed E-state index contributed by atoms with van der Waals surface area (Å²) in [5.74, 6) is -0.0969. The summed E-state index contributed by atoms with van der Waals surface area (Å²) in [4.78, 5) is 11.4. The summed E-state index contributed by atoms with van der Waals surface area (Å²) in [7, 11) is 0. The van der Waals surface area contributed by atoms with Crippen molar-refractivity contribution in [2.75, 3.05) is 6.61 Å². The van der Waals surface area contributed by atoms with Gasteiger partial charge in [0, 0.05) is 12.5 Å². The molecule has 0 aromatic heterocycles. The highest BCUT2D eigenvalue weighted by Gasteiger charge is 2.03. The molecule has 0 rings (SSSR count). The van der Waals surface area contributed by atoms with E-state index in [9.17, 15) is 4.79 Å². The van der Waals surface area contributed by atoms with Crippen LogP contribution in [0.2, 0.25) is 0 Å². The lowest BCUT2D eigenvalue weighted by molar-refractivity contribution is -0.144. The number of hydrogen-bond acceptors (Lipinski definition) is 3.